The number of benzene rings is 2. The van der Waals surface area contributed by atoms with Crippen LogP contribution in [0.3, 0.4) is 0 Å². The van der Waals surface area contributed by atoms with Crippen molar-refractivity contribution in [1.82, 2.24) is 0 Å². The van der Waals surface area contributed by atoms with Crippen molar-refractivity contribution in [1.29, 1.82) is 0 Å². The minimum absolute atomic E-state index is 0. The lowest BCUT2D eigenvalue weighted by Gasteiger charge is -2.27. The van der Waals surface area contributed by atoms with Crippen LogP contribution in [0.2, 0.25) is 0 Å². The fraction of sp³-hybridized carbons (Fsp3) is 0.353. The van der Waals surface area contributed by atoms with E-state index in [1.807, 2.05) is 0 Å². The Morgan fingerprint density at radius 3 is 2.84 bits per heavy atom. The van der Waals surface area contributed by atoms with Crippen LogP contribution in [0.15, 0.2) is 41.4 Å². The zero-order chi connectivity index (χ0) is 11.9. The van der Waals surface area contributed by atoms with Gasteiger partial charge in [-0.2, -0.15) is 0 Å². The molecule has 2 heteroatoms. The summed E-state index contributed by atoms with van der Waals surface area (Å²) in [5, 5.41) is 5.44. The highest BCUT2D eigenvalue weighted by Crippen LogP contribution is 2.31. The average Bonchev–Trinajstić information content (AvgIpc) is 2.46. The first-order valence-electron chi connectivity index (χ1n) is 6.99. The van der Waals surface area contributed by atoms with Crippen LogP contribution in [0.1, 0.15) is 25.7 Å². The van der Waals surface area contributed by atoms with Gasteiger partial charge in [-0.05, 0) is 36.1 Å². The Morgan fingerprint density at radius 1 is 1.00 bits per heavy atom. The zero-order valence-corrected chi connectivity index (χ0v) is 11.7. The van der Waals surface area contributed by atoms with Gasteiger partial charge in [0, 0.05) is 17.7 Å². The molecule has 1 unspecified atom stereocenters. The highest BCUT2D eigenvalue weighted by atomic mass is 35.5. The summed E-state index contributed by atoms with van der Waals surface area (Å²) >= 11 is 0. The number of hydrogen-bond donors (Lipinski definition) is 0. The monoisotopic (exact) mass is 271 g/mol. The number of nitrogens with zero attached hydrogens (tertiary/aromatic N) is 1. The molecular formula is C17H18ClN. The predicted octanol–water partition coefficient (Wildman–Crippen LogP) is 3.24. The van der Waals surface area contributed by atoms with Gasteiger partial charge in [-0.15, -0.1) is 12.4 Å². The van der Waals surface area contributed by atoms with Crippen LogP contribution in [0.25, 0.3) is 16.3 Å². The van der Waals surface area contributed by atoms with E-state index in [0.717, 1.165) is 12.5 Å². The number of fused-ring (bicyclic) bond motifs is 4. The third-order valence-corrected chi connectivity index (χ3v) is 4.45. The van der Waals surface area contributed by atoms with Gasteiger partial charge in [-0.1, -0.05) is 42.3 Å². The minimum Gasteiger partial charge on any atom is -0.284 e. The molecule has 1 saturated carbocycles. The molecule has 0 spiro atoms. The first-order chi connectivity index (χ1) is 8.93. The topological polar surface area (TPSA) is 12.4 Å². The van der Waals surface area contributed by atoms with Crippen LogP contribution in [-0.2, 0) is 0 Å². The van der Waals surface area contributed by atoms with Crippen molar-refractivity contribution in [3.05, 3.63) is 47.0 Å². The van der Waals surface area contributed by atoms with Crippen molar-refractivity contribution in [2.45, 2.75) is 25.7 Å². The summed E-state index contributed by atoms with van der Waals surface area (Å²) in [7, 11) is 0. The van der Waals surface area contributed by atoms with Gasteiger partial charge in [0.1, 0.15) is 0 Å². The zero-order valence-electron chi connectivity index (χ0n) is 10.9. The quantitative estimate of drug-likeness (QED) is 0.698. The summed E-state index contributed by atoms with van der Waals surface area (Å²) in [4.78, 5) is 4.81. The Hall–Kier alpha value is -1.34. The van der Waals surface area contributed by atoms with Gasteiger partial charge in [0.15, 0.2) is 0 Å². The summed E-state index contributed by atoms with van der Waals surface area (Å²) < 4.78 is 0. The van der Waals surface area contributed by atoms with E-state index in [1.54, 1.807) is 5.57 Å². The van der Waals surface area contributed by atoms with Crippen LogP contribution in [0.4, 0.5) is 0 Å². The highest BCUT2D eigenvalue weighted by molar-refractivity contribution is 5.85. The van der Waals surface area contributed by atoms with E-state index in [4.69, 9.17) is 4.99 Å². The van der Waals surface area contributed by atoms with Gasteiger partial charge in [0.25, 0.3) is 0 Å². The fourth-order valence-electron chi connectivity index (χ4n) is 3.55. The SMILES string of the molecule is Cl.c1ccc2c3c(ccc2c1)=NCC1CCCCC=31. The van der Waals surface area contributed by atoms with Gasteiger partial charge >= 0.3 is 0 Å². The molecule has 0 amide bonds. The van der Waals surface area contributed by atoms with Gasteiger partial charge in [-0.3, -0.25) is 4.99 Å². The van der Waals surface area contributed by atoms with Gasteiger partial charge in [0.05, 0.1) is 5.36 Å². The normalized spacial score (nSPS) is 21.1. The highest BCUT2D eigenvalue weighted by Gasteiger charge is 2.22. The van der Waals surface area contributed by atoms with Crippen LogP contribution in [0.5, 0.6) is 0 Å². The largest absolute Gasteiger partial charge is 0.284 e. The third kappa shape index (κ3) is 1.97. The molecule has 98 valence electrons. The lowest BCUT2D eigenvalue weighted by Crippen LogP contribution is -2.36. The minimum atomic E-state index is 0. The number of halogens is 1. The van der Waals surface area contributed by atoms with Gasteiger partial charge < -0.3 is 0 Å². The molecule has 0 bridgehead atoms. The molecule has 2 aromatic rings. The molecule has 1 heterocycles. The van der Waals surface area contributed by atoms with Crippen LogP contribution in [0, 0.1) is 5.92 Å². The summed E-state index contributed by atoms with van der Waals surface area (Å²) in [5.74, 6) is 0.719. The van der Waals surface area contributed by atoms with Crippen molar-refractivity contribution in [2.24, 2.45) is 10.9 Å². The number of rotatable bonds is 0. The molecule has 2 aliphatic rings. The Kier molecular flexibility index (Phi) is 3.32. The molecule has 2 aromatic carbocycles. The molecular weight excluding hydrogens is 254 g/mol. The lowest BCUT2D eigenvalue weighted by atomic mass is 9.81. The van der Waals surface area contributed by atoms with E-state index in [1.165, 1.54) is 47.0 Å². The Bertz CT molecular complexity index is 733. The molecule has 4 rings (SSSR count). The van der Waals surface area contributed by atoms with E-state index >= 15 is 0 Å². The standard InChI is InChI=1S/C17H17N.ClH/c1-3-7-14-12(5-1)9-10-16-17(14)15-8-4-2-6-13(15)11-18-16;/h1,3,5,7,9-10,13H,2,4,6,8,11H2;1H. The van der Waals surface area contributed by atoms with Crippen LogP contribution < -0.4 is 10.6 Å². The molecule has 1 aliphatic carbocycles. The molecule has 0 N–H and O–H groups in total. The average molecular weight is 272 g/mol. The Balaban J connectivity index is 0.00000110. The summed E-state index contributed by atoms with van der Waals surface area (Å²) in [5.41, 5.74) is 1.68. The van der Waals surface area contributed by atoms with Crippen molar-refractivity contribution in [3.63, 3.8) is 0 Å². The van der Waals surface area contributed by atoms with Crippen molar-refractivity contribution >= 4 is 28.8 Å². The predicted molar refractivity (Wildman–Crippen MR) is 82.2 cm³/mol. The van der Waals surface area contributed by atoms with Crippen LogP contribution >= 0.6 is 12.4 Å². The molecule has 0 saturated heterocycles. The molecule has 0 radical (unpaired) electrons. The maximum absolute atomic E-state index is 4.81. The van der Waals surface area contributed by atoms with Crippen LogP contribution in [-0.4, -0.2) is 6.54 Å². The fourth-order valence-corrected chi connectivity index (χ4v) is 3.55. The third-order valence-electron chi connectivity index (χ3n) is 4.45. The first-order valence-corrected chi connectivity index (χ1v) is 6.99. The molecule has 1 atom stereocenters. The Morgan fingerprint density at radius 2 is 1.89 bits per heavy atom. The molecule has 1 nitrogen and oxygen atoms in total. The van der Waals surface area contributed by atoms with E-state index in [2.05, 4.69) is 36.4 Å². The van der Waals surface area contributed by atoms with E-state index in [0.29, 0.717) is 0 Å². The van der Waals surface area contributed by atoms with Crippen molar-refractivity contribution < 1.29 is 0 Å². The lowest BCUT2D eigenvalue weighted by molar-refractivity contribution is 0.499. The molecule has 19 heavy (non-hydrogen) atoms. The summed E-state index contributed by atoms with van der Waals surface area (Å²) in [6.45, 7) is 1.01. The molecule has 0 aromatic heterocycles. The Labute approximate surface area is 119 Å². The second-order valence-electron chi connectivity index (χ2n) is 5.49. The summed E-state index contributed by atoms with van der Waals surface area (Å²) in [6, 6.07) is 13.2. The molecule has 1 fully saturated rings. The van der Waals surface area contributed by atoms with E-state index < -0.39 is 0 Å². The smallest absolute Gasteiger partial charge is 0.0652 e. The maximum Gasteiger partial charge on any atom is 0.0652 e. The summed E-state index contributed by atoms with van der Waals surface area (Å²) in [6.07, 6.45) is 5.35. The van der Waals surface area contributed by atoms with E-state index in [9.17, 15) is 0 Å². The van der Waals surface area contributed by atoms with Crippen molar-refractivity contribution in [3.8, 4) is 0 Å². The van der Waals surface area contributed by atoms with E-state index in [-0.39, 0.29) is 12.4 Å². The van der Waals surface area contributed by atoms with Crippen molar-refractivity contribution in [2.75, 3.05) is 6.54 Å². The molecule has 1 aliphatic heterocycles. The second-order valence-corrected chi connectivity index (χ2v) is 5.49. The van der Waals surface area contributed by atoms with Gasteiger partial charge in [-0.25, -0.2) is 0 Å². The second kappa shape index (κ2) is 4.97. The maximum atomic E-state index is 4.81. The van der Waals surface area contributed by atoms with Gasteiger partial charge in [0.2, 0.25) is 0 Å². The number of hydrogen-bond acceptors (Lipinski definition) is 1. The first kappa shape index (κ1) is 12.7.